The Morgan fingerprint density at radius 1 is 1.36 bits per heavy atom. The molecule has 0 radical (unpaired) electrons. The summed E-state index contributed by atoms with van der Waals surface area (Å²) in [6.07, 6.45) is 1.67. The van der Waals surface area contributed by atoms with Crippen LogP contribution in [0.1, 0.15) is 50.8 Å². The van der Waals surface area contributed by atoms with Crippen molar-refractivity contribution in [2.75, 3.05) is 6.54 Å². The Kier molecular flexibility index (Phi) is 3.94. The second kappa shape index (κ2) is 5.88. The Balaban J connectivity index is 1.92. The number of carboxylic acid groups (broad SMARTS) is 1. The number of thiophene rings is 1. The molecule has 0 bridgehead atoms. The number of carbonyl (C=O) groups is 2. The van der Waals surface area contributed by atoms with Crippen LogP contribution in [0.25, 0.3) is 0 Å². The number of carboxylic acids is 1. The molecule has 2 aromatic heterocycles. The highest BCUT2D eigenvalue weighted by Gasteiger charge is 2.31. The predicted octanol–water partition coefficient (Wildman–Crippen LogP) is 2.99. The van der Waals surface area contributed by atoms with Crippen molar-refractivity contribution in [2.45, 2.75) is 25.8 Å². The summed E-state index contributed by atoms with van der Waals surface area (Å²) in [6.45, 7) is 2.70. The minimum atomic E-state index is -1.12. The minimum Gasteiger partial charge on any atom is -0.477 e. The summed E-state index contributed by atoms with van der Waals surface area (Å²) in [5, 5.41) is 11.1. The first-order valence-corrected chi connectivity index (χ1v) is 8.07. The zero-order valence-corrected chi connectivity index (χ0v) is 13.0. The molecule has 0 saturated heterocycles. The van der Waals surface area contributed by atoms with E-state index < -0.39 is 5.97 Å². The van der Waals surface area contributed by atoms with Crippen molar-refractivity contribution in [3.05, 3.63) is 51.5 Å². The monoisotopic (exact) mass is 316 g/mol. The van der Waals surface area contributed by atoms with Crippen molar-refractivity contribution in [1.29, 1.82) is 0 Å². The maximum atomic E-state index is 12.7. The van der Waals surface area contributed by atoms with Crippen LogP contribution in [-0.2, 0) is 6.42 Å². The van der Waals surface area contributed by atoms with E-state index >= 15 is 0 Å². The molecule has 3 rings (SSSR count). The summed E-state index contributed by atoms with van der Waals surface area (Å²) in [7, 11) is 0. The molecule has 1 N–H and O–H groups in total. The number of aromatic carboxylic acids is 1. The molecule has 1 atom stereocenters. The summed E-state index contributed by atoms with van der Waals surface area (Å²) in [5.74, 6) is -1.33. The molecule has 5 nitrogen and oxygen atoms in total. The Morgan fingerprint density at radius 3 is 2.86 bits per heavy atom. The highest BCUT2D eigenvalue weighted by atomic mass is 32.1. The van der Waals surface area contributed by atoms with Crippen LogP contribution in [0.15, 0.2) is 29.6 Å². The lowest BCUT2D eigenvalue weighted by Crippen LogP contribution is -2.39. The minimum absolute atomic E-state index is 0.0396. The summed E-state index contributed by atoms with van der Waals surface area (Å²) in [4.78, 5) is 30.9. The van der Waals surface area contributed by atoms with Crippen molar-refractivity contribution in [3.63, 3.8) is 0 Å². The third kappa shape index (κ3) is 2.50. The molecule has 0 aromatic carbocycles. The van der Waals surface area contributed by atoms with Gasteiger partial charge in [-0.2, -0.15) is 0 Å². The van der Waals surface area contributed by atoms with E-state index in [1.165, 1.54) is 16.5 Å². The summed E-state index contributed by atoms with van der Waals surface area (Å²) in [6, 6.07) is 6.64. The third-order valence-corrected chi connectivity index (χ3v) is 4.93. The van der Waals surface area contributed by atoms with Crippen LogP contribution >= 0.6 is 11.3 Å². The number of carbonyl (C=O) groups excluding carboxylic acids is 1. The highest BCUT2D eigenvalue weighted by Crippen LogP contribution is 2.35. The van der Waals surface area contributed by atoms with E-state index in [-0.39, 0.29) is 23.3 Å². The van der Waals surface area contributed by atoms with Crippen LogP contribution < -0.4 is 0 Å². The molecule has 0 saturated carbocycles. The molecule has 6 heteroatoms. The number of hydrogen-bond donors (Lipinski definition) is 1. The molecule has 1 amide bonds. The van der Waals surface area contributed by atoms with E-state index in [9.17, 15) is 9.59 Å². The number of amides is 1. The fourth-order valence-electron chi connectivity index (χ4n) is 2.90. The van der Waals surface area contributed by atoms with Crippen LogP contribution in [0.3, 0.4) is 0 Å². The fraction of sp³-hybridized carbons (Fsp3) is 0.312. The molecule has 0 unspecified atom stereocenters. The standard InChI is InChI=1S/C16H16N2O3S/c1-2-13-10-7-9-22-14(10)6-8-18(13)15(19)11-4-3-5-12(17-11)16(20)21/h3-5,7,9,13H,2,6,8H2,1H3,(H,20,21)/t13-/m0/s1. The number of rotatable bonds is 3. The highest BCUT2D eigenvalue weighted by molar-refractivity contribution is 7.10. The molecule has 114 valence electrons. The van der Waals surface area contributed by atoms with Gasteiger partial charge >= 0.3 is 5.97 Å². The lowest BCUT2D eigenvalue weighted by molar-refractivity contribution is 0.0650. The Morgan fingerprint density at radius 2 is 2.14 bits per heavy atom. The van der Waals surface area contributed by atoms with Crippen LogP contribution in [0.2, 0.25) is 0 Å². The topological polar surface area (TPSA) is 70.5 Å². The van der Waals surface area contributed by atoms with Gasteiger partial charge in [-0.25, -0.2) is 9.78 Å². The van der Waals surface area contributed by atoms with E-state index in [1.54, 1.807) is 23.5 Å². The van der Waals surface area contributed by atoms with Gasteiger partial charge in [-0.05, 0) is 42.0 Å². The van der Waals surface area contributed by atoms with Gasteiger partial charge < -0.3 is 10.0 Å². The number of hydrogen-bond acceptors (Lipinski definition) is 4. The SMILES string of the molecule is CC[C@H]1c2ccsc2CCN1C(=O)c1cccc(C(=O)O)n1. The summed E-state index contributed by atoms with van der Waals surface area (Å²) >= 11 is 1.73. The van der Waals surface area contributed by atoms with Crippen molar-refractivity contribution in [1.82, 2.24) is 9.88 Å². The zero-order valence-electron chi connectivity index (χ0n) is 12.2. The molecular weight excluding hydrogens is 300 g/mol. The average molecular weight is 316 g/mol. The van der Waals surface area contributed by atoms with E-state index in [2.05, 4.69) is 23.4 Å². The van der Waals surface area contributed by atoms with E-state index in [0.717, 1.165) is 12.8 Å². The molecular formula is C16H16N2O3S. The second-order valence-electron chi connectivity index (χ2n) is 5.18. The van der Waals surface area contributed by atoms with Crippen LogP contribution in [0, 0.1) is 0 Å². The lowest BCUT2D eigenvalue weighted by atomic mass is 9.97. The molecule has 22 heavy (non-hydrogen) atoms. The normalized spacial score (nSPS) is 17.1. The summed E-state index contributed by atoms with van der Waals surface area (Å²) < 4.78 is 0. The van der Waals surface area contributed by atoms with E-state index in [4.69, 9.17) is 5.11 Å². The Hall–Kier alpha value is -2.21. The molecule has 0 fully saturated rings. The van der Waals surface area contributed by atoms with E-state index in [1.807, 2.05) is 4.90 Å². The Bertz CT molecular complexity index is 726. The zero-order chi connectivity index (χ0) is 15.7. The molecule has 0 aliphatic carbocycles. The number of pyridine rings is 1. The average Bonchev–Trinajstić information content (AvgIpc) is 3.01. The van der Waals surface area contributed by atoms with Gasteiger partial charge in [0, 0.05) is 11.4 Å². The third-order valence-electron chi connectivity index (χ3n) is 3.93. The second-order valence-corrected chi connectivity index (χ2v) is 6.19. The predicted molar refractivity (Wildman–Crippen MR) is 83.3 cm³/mol. The molecule has 1 aliphatic rings. The van der Waals surface area contributed by atoms with Gasteiger partial charge in [-0.1, -0.05) is 13.0 Å². The number of fused-ring (bicyclic) bond motifs is 1. The lowest BCUT2D eigenvalue weighted by Gasteiger charge is -2.35. The largest absolute Gasteiger partial charge is 0.477 e. The summed E-state index contributed by atoms with van der Waals surface area (Å²) in [5.41, 5.74) is 1.30. The van der Waals surface area contributed by atoms with Gasteiger partial charge in [-0.3, -0.25) is 4.79 Å². The first kappa shape index (κ1) is 14.7. The van der Waals surface area contributed by atoms with E-state index in [0.29, 0.717) is 6.54 Å². The smallest absolute Gasteiger partial charge is 0.354 e. The molecule has 3 heterocycles. The van der Waals surface area contributed by atoms with Crippen molar-refractivity contribution in [3.8, 4) is 0 Å². The Labute approximate surface area is 132 Å². The van der Waals surface area contributed by atoms with Gasteiger partial charge in [0.25, 0.3) is 5.91 Å². The van der Waals surface area contributed by atoms with Crippen molar-refractivity contribution < 1.29 is 14.7 Å². The first-order valence-electron chi connectivity index (χ1n) is 7.19. The van der Waals surface area contributed by atoms with Crippen LogP contribution in [0.4, 0.5) is 0 Å². The molecule has 2 aromatic rings. The number of nitrogens with zero attached hydrogens (tertiary/aromatic N) is 2. The van der Waals surface area contributed by atoms with Gasteiger partial charge in [0.1, 0.15) is 11.4 Å². The van der Waals surface area contributed by atoms with Crippen LogP contribution in [-0.4, -0.2) is 33.4 Å². The fourth-order valence-corrected chi connectivity index (χ4v) is 3.83. The van der Waals surface area contributed by atoms with Gasteiger partial charge in [0.05, 0.1) is 6.04 Å². The molecule has 0 spiro atoms. The quantitative estimate of drug-likeness (QED) is 0.945. The number of aromatic nitrogens is 1. The van der Waals surface area contributed by atoms with Crippen molar-refractivity contribution >= 4 is 23.2 Å². The molecule has 1 aliphatic heterocycles. The van der Waals surface area contributed by atoms with Crippen LogP contribution in [0.5, 0.6) is 0 Å². The van der Waals surface area contributed by atoms with Gasteiger partial charge in [0.2, 0.25) is 0 Å². The first-order chi connectivity index (χ1) is 10.6. The van der Waals surface area contributed by atoms with Crippen molar-refractivity contribution in [2.24, 2.45) is 0 Å². The maximum absolute atomic E-state index is 12.7. The maximum Gasteiger partial charge on any atom is 0.354 e. The van der Waals surface area contributed by atoms with Gasteiger partial charge in [-0.15, -0.1) is 11.3 Å². The van der Waals surface area contributed by atoms with Gasteiger partial charge in [0.15, 0.2) is 0 Å².